The highest BCUT2D eigenvalue weighted by Crippen LogP contribution is 2.29. The summed E-state index contributed by atoms with van der Waals surface area (Å²) < 4.78 is 3.37. The molecule has 4 rings (SSSR count). The minimum absolute atomic E-state index is 0.146. The third-order valence-corrected chi connectivity index (χ3v) is 6.20. The number of fused-ring (bicyclic) bond motifs is 1. The Balaban J connectivity index is 1.44. The third-order valence-electron chi connectivity index (χ3n) is 4.89. The van der Waals surface area contributed by atoms with Crippen molar-refractivity contribution in [2.24, 2.45) is 0 Å². The molecule has 0 radical (unpaired) electrons. The largest absolute Gasteiger partial charge is 0.368 e. The van der Waals surface area contributed by atoms with Gasteiger partial charge in [0.15, 0.2) is 0 Å². The van der Waals surface area contributed by atoms with Gasteiger partial charge in [0.1, 0.15) is 0 Å². The van der Waals surface area contributed by atoms with E-state index in [2.05, 4.69) is 41.8 Å². The summed E-state index contributed by atoms with van der Waals surface area (Å²) in [5, 5.41) is 1.90. The first kappa shape index (κ1) is 17.4. The maximum Gasteiger partial charge on any atom is 0.264 e. The zero-order valence-corrected chi connectivity index (χ0v) is 16.6. The Labute approximate surface area is 162 Å². The van der Waals surface area contributed by atoms with Gasteiger partial charge in [0.25, 0.3) is 5.91 Å². The minimum Gasteiger partial charge on any atom is -0.368 e. The van der Waals surface area contributed by atoms with Crippen molar-refractivity contribution >= 4 is 44.6 Å². The number of thiophene rings is 1. The molecule has 0 saturated carbocycles. The van der Waals surface area contributed by atoms with Crippen molar-refractivity contribution in [1.82, 2.24) is 9.47 Å². The molecule has 2 aromatic heterocycles. The van der Waals surface area contributed by atoms with Gasteiger partial charge in [0.05, 0.1) is 9.58 Å². The fourth-order valence-electron chi connectivity index (χ4n) is 3.35. The lowest BCUT2D eigenvalue weighted by molar-refractivity contribution is 0.0751. The van der Waals surface area contributed by atoms with Crippen LogP contribution in [0.2, 0.25) is 5.02 Å². The number of nitrogens with zero attached hydrogens (tertiary/aromatic N) is 3. The Morgan fingerprint density at radius 1 is 1.12 bits per heavy atom. The molecule has 6 heteroatoms. The molecule has 0 unspecified atom stereocenters. The zero-order valence-electron chi connectivity index (χ0n) is 15.0. The van der Waals surface area contributed by atoms with Crippen LogP contribution >= 0.6 is 22.9 Å². The molecule has 26 heavy (non-hydrogen) atoms. The monoisotopic (exact) mass is 387 g/mol. The third kappa shape index (κ3) is 3.33. The van der Waals surface area contributed by atoms with E-state index >= 15 is 0 Å². The van der Waals surface area contributed by atoms with E-state index in [4.69, 9.17) is 11.6 Å². The molecule has 0 aliphatic carbocycles. The molecule has 1 fully saturated rings. The summed E-state index contributed by atoms with van der Waals surface area (Å²) in [4.78, 5) is 18.0. The van der Waals surface area contributed by atoms with Crippen LogP contribution in [0.1, 0.15) is 29.6 Å². The van der Waals surface area contributed by atoms with Crippen LogP contribution < -0.4 is 4.90 Å². The predicted octanol–water partition coefficient (Wildman–Crippen LogP) is 4.90. The van der Waals surface area contributed by atoms with Gasteiger partial charge in [0, 0.05) is 60.7 Å². The number of piperazine rings is 1. The van der Waals surface area contributed by atoms with Crippen LogP contribution in [0.25, 0.3) is 10.1 Å². The Morgan fingerprint density at radius 3 is 2.54 bits per heavy atom. The first-order valence-corrected chi connectivity index (χ1v) is 10.1. The van der Waals surface area contributed by atoms with E-state index in [1.54, 1.807) is 11.3 Å². The first-order chi connectivity index (χ1) is 12.5. The standard InChI is InChI=1S/C20H22ClN3OS/c1-14(2)24-12-15-10-18(26-19(15)13-24)20(25)23-8-6-22(7-9-23)17-5-3-4-16(21)11-17/h3-5,10-14H,6-9H2,1-2H3. The second kappa shape index (κ2) is 6.97. The van der Waals surface area contributed by atoms with Crippen LogP contribution in [0.4, 0.5) is 5.69 Å². The number of amides is 1. The first-order valence-electron chi connectivity index (χ1n) is 8.92. The summed E-state index contributed by atoms with van der Waals surface area (Å²) in [5.41, 5.74) is 1.12. The maximum absolute atomic E-state index is 12.9. The van der Waals surface area contributed by atoms with E-state index in [1.165, 1.54) is 4.70 Å². The van der Waals surface area contributed by atoms with E-state index in [0.29, 0.717) is 6.04 Å². The molecule has 1 aromatic carbocycles. The van der Waals surface area contributed by atoms with Crippen molar-refractivity contribution in [3.8, 4) is 0 Å². The van der Waals surface area contributed by atoms with Crippen molar-refractivity contribution in [1.29, 1.82) is 0 Å². The number of hydrogen-bond acceptors (Lipinski definition) is 3. The van der Waals surface area contributed by atoms with Gasteiger partial charge in [-0.25, -0.2) is 0 Å². The Kier molecular flexibility index (Phi) is 4.67. The molecule has 1 saturated heterocycles. The van der Waals surface area contributed by atoms with Crippen LogP contribution in [0.3, 0.4) is 0 Å². The highest BCUT2D eigenvalue weighted by molar-refractivity contribution is 7.20. The van der Waals surface area contributed by atoms with Crippen molar-refractivity contribution in [3.63, 3.8) is 0 Å². The summed E-state index contributed by atoms with van der Waals surface area (Å²) in [5.74, 6) is 0.146. The van der Waals surface area contributed by atoms with Crippen molar-refractivity contribution in [3.05, 3.63) is 52.6 Å². The van der Waals surface area contributed by atoms with Crippen molar-refractivity contribution in [2.45, 2.75) is 19.9 Å². The molecular formula is C20H22ClN3OS. The predicted molar refractivity (Wildman–Crippen MR) is 110 cm³/mol. The molecular weight excluding hydrogens is 366 g/mol. The van der Waals surface area contributed by atoms with Gasteiger partial charge in [-0.1, -0.05) is 17.7 Å². The van der Waals surface area contributed by atoms with Gasteiger partial charge in [-0.2, -0.15) is 0 Å². The van der Waals surface area contributed by atoms with Crippen LogP contribution in [-0.4, -0.2) is 41.6 Å². The fourth-order valence-corrected chi connectivity index (χ4v) is 4.58. The average Bonchev–Trinajstić information content (AvgIpc) is 3.20. The smallest absolute Gasteiger partial charge is 0.264 e. The van der Waals surface area contributed by atoms with E-state index in [1.807, 2.05) is 29.2 Å². The SMILES string of the molecule is CC(C)n1cc2cc(C(=O)N3CCN(c4cccc(Cl)c4)CC3)sc2c1. The van der Waals surface area contributed by atoms with Gasteiger partial charge in [-0.3, -0.25) is 4.79 Å². The second-order valence-electron chi connectivity index (χ2n) is 6.99. The van der Waals surface area contributed by atoms with Gasteiger partial charge in [-0.15, -0.1) is 11.3 Å². The van der Waals surface area contributed by atoms with E-state index in [-0.39, 0.29) is 5.91 Å². The number of hydrogen-bond donors (Lipinski definition) is 0. The lowest BCUT2D eigenvalue weighted by atomic mass is 10.2. The normalized spacial score (nSPS) is 15.2. The quantitative estimate of drug-likeness (QED) is 0.639. The Morgan fingerprint density at radius 2 is 1.88 bits per heavy atom. The summed E-state index contributed by atoms with van der Waals surface area (Å²) in [6, 6.07) is 10.4. The van der Waals surface area contributed by atoms with Crippen LogP contribution in [0, 0.1) is 0 Å². The number of carbonyl (C=O) groups excluding carboxylic acids is 1. The van der Waals surface area contributed by atoms with Crippen molar-refractivity contribution < 1.29 is 4.79 Å². The molecule has 4 nitrogen and oxygen atoms in total. The number of benzene rings is 1. The average molecular weight is 388 g/mol. The number of carbonyl (C=O) groups is 1. The molecule has 3 aromatic rings. The van der Waals surface area contributed by atoms with E-state index in [0.717, 1.165) is 47.2 Å². The van der Waals surface area contributed by atoms with Gasteiger partial charge in [-0.05, 0) is 38.1 Å². The molecule has 136 valence electrons. The molecule has 3 heterocycles. The molecule has 0 atom stereocenters. The number of anilines is 1. The number of halogens is 1. The topological polar surface area (TPSA) is 28.5 Å². The molecule has 1 aliphatic heterocycles. The number of rotatable bonds is 3. The van der Waals surface area contributed by atoms with Gasteiger partial charge < -0.3 is 14.4 Å². The van der Waals surface area contributed by atoms with Gasteiger partial charge >= 0.3 is 0 Å². The molecule has 0 spiro atoms. The van der Waals surface area contributed by atoms with E-state index in [9.17, 15) is 4.79 Å². The fraction of sp³-hybridized carbons (Fsp3) is 0.350. The lowest BCUT2D eigenvalue weighted by Gasteiger charge is -2.36. The molecule has 0 N–H and O–H groups in total. The minimum atomic E-state index is 0.146. The zero-order chi connectivity index (χ0) is 18.3. The van der Waals surface area contributed by atoms with Crippen LogP contribution in [0.5, 0.6) is 0 Å². The molecule has 1 aliphatic rings. The Bertz CT molecular complexity index is 906. The lowest BCUT2D eigenvalue weighted by Crippen LogP contribution is -2.48. The molecule has 0 bridgehead atoms. The van der Waals surface area contributed by atoms with Gasteiger partial charge in [0.2, 0.25) is 0 Å². The summed E-state index contributed by atoms with van der Waals surface area (Å²) in [6.07, 6.45) is 4.27. The van der Waals surface area contributed by atoms with Crippen molar-refractivity contribution in [2.75, 3.05) is 31.1 Å². The summed E-state index contributed by atoms with van der Waals surface area (Å²) in [6.45, 7) is 7.45. The Hall–Kier alpha value is -1.98. The number of aromatic nitrogens is 1. The summed E-state index contributed by atoms with van der Waals surface area (Å²) >= 11 is 7.68. The van der Waals surface area contributed by atoms with Crippen LogP contribution in [-0.2, 0) is 0 Å². The molecule has 1 amide bonds. The highest BCUT2D eigenvalue weighted by Gasteiger charge is 2.24. The maximum atomic E-state index is 12.9. The second-order valence-corrected chi connectivity index (χ2v) is 8.51. The van der Waals surface area contributed by atoms with E-state index < -0.39 is 0 Å². The summed E-state index contributed by atoms with van der Waals surface area (Å²) in [7, 11) is 0. The highest BCUT2D eigenvalue weighted by atomic mass is 35.5. The van der Waals surface area contributed by atoms with Crippen LogP contribution in [0.15, 0.2) is 42.7 Å².